The number of hydrogen-bond acceptors (Lipinski definition) is 4. The van der Waals surface area contributed by atoms with Crippen LogP contribution in [0.2, 0.25) is 0 Å². The summed E-state index contributed by atoms with van der Waals surface area (Å²) in [5, 5.41) is 3.17. The lowest BCUT2D eigenvalue weighted by Crippen LogP contribution is -2.57. The lowest BCUT2D eigenvalue weighted by molar-refractivity contribution is 0.312. The predicted molar refractivity (Wildman–Crippen MR) is 108 cm³/mol. The van der Waals surface area contributed by atoms with Crippen molar-refractivity contribution >= 4 is 39.8 Å². The van der Waals surface area contributed by atoms with E-state index in [1.54, 1.807) is 33.0 Å². The molecule has 0 unspecified atom stereocenters. The van der Waals surface area contributed by atoms with Crippen LogP contribution in [0.3, 0.4) is 0 Å². The lowest BCUT2D eigenvalue weighted by Gasteiger charge is -2.39. The molecule has 0 amide bonds. The standard InChI is InChI=1S/C16H24FN3O3S.HI/c1-16(2)12-20(9-11-24(16,21)22)15(18-3)19-8-10-23-14-6-4-13(17)5-7-14;/h4-7H,8-12H2,1-3H3,(H,18,19);1H. The predicted octanol–water partition coefficient (Wildman–Crippen LogP) is 1.91. The molecule has 9 heteroatoms. The molecular weight excluding hydrogens is 460 g/mol. The van der Waals surface area contributed by atoms with Gasteiger partial charge >= 0.3 is 0 Å². The molecule has 6 nitrogen and oxygen atoms in total. The van der Waals surface area contributed by atoms with Gasteiger partial charge in [0, 0.05) is 20.1 Å². The van der Waals surface area contributed by atoms with E-state index in [1.165, 1.54) is 12.1 Å². The van der Waals surface area contributed by atoms with Gasteiger partial charge in [-0.1, -0.05) is 0 Å². The van der Waals surface area contributed by atoms with E-state index in [4.69, 9.17) is 4.74 Å². The third-order valence-corrected chi connectivity index (χ3v) is 6.56. The Bertz CT molecular complexity index is 693. The van der Waals surface area contributed by atoms with Gasteiger partial charge in [0.1, 0.15) is 18.2 Å². The minimum absolute atomic E-state index is 0. The molecule has 0 radical (unpaired) electrons. The van der Waals surface area contributed by atoms with Crippen LogP contribution in [-0.2, 0) is 9.84 Å². The molecule has 0 aliphatic carbocycles. The summed E-state index contributed by atoms with van der Waals surface area (Å²) in [4.78, 5) is 6.16. The van der Waals surface area contributed by atoms with E-state index < -0.39 is 14.6 Å². The van der Waals surface area contributed by atoms with Crippen molar-refractivity contribution in [3.63, 3.8) is 0 Å². The average Bonchev–Trinajstić information content (AvgIpc) is 2.52. The van der Waals surface area contributed by atoms with E-state index >= 15 is 0 Å². The third kappa shape index (κ3) is 5.70. The highest BCUT2D eigenvalue weighted by molar-refractivity contribution is 14.0. The van der Waals surface area contributed by atoms with Crippen LogP contribution in [0, 0.1) is 5.82 Å². The van der Waals surface area contributed by atoms with Crippen molar-refractivity contribution in [1.29, 1.82) is 0 Å². The Balaban J connectivity index is 0.00000312. The third-order valence-electron chi connectivity index (χ3n) is 4.02. The minimum atomic E-state index is -3.08. The number of hydrogen-bond donors (Lipinski definition) is 1. The quantitative estimate of drug-likeness (QED) is 0.306. The van der Waals surface area contributed by atoms with Crippen LogP contribution in [0.5, 0.6) is 5.75 Å². The molecule has 1 aromatic carbocycles. The van der Waals surface area contributed by atoms with E-state index in [1.807, 2.05) is 4.90 Å². The molecule has 2 rings (SSSR count). The largest absolute Gasteiger partial charge is 0.492 e. The summed E-state index contributed by atoms with van der Waals surface area (Å²) >= 11 is 0. The first-order valence-corrected chi connectivity index (χ1v) is 9.47. The monoisotopic (exact) mass is 485 g/mol. The maximum Gasteiger partial charge on any atom is 0.193 e. The molecule has 0 atom stereocenters. The van der Waals surface area contributed by atoms with Crippen molar-refractivity contribution in [3.8, 4) is 5.75 Å². The number of aliphatic imine (C=N–C) groups is 1. The maximum atomic E-state index is 12.8. The van der Waals surface area contributed by atoms with Crippen LogP contribution < -0.4 is 10.1 Å². The molecule has 1 heterocycles. The molecule has 1 saturated heterocycles. The first-order valence-electron chi connectivity index (χ1n) is 7.81. The van der Waals surface area contributed by atoms with Crippen molar-refractivity contribution in [1.82, 2.24) is 10.2 Å². The molecule has 25 heavy (non-hydrogen) atoms. The summed E-state index contributed by atoms with van der Waals surface area (Å²) in [6, 6.07) is 5.83. The van der Waals surface area contributed by atoms with Crippen LogP contribution in [-0.4, -0.2) is 63.1 Å². The zero-order valence-electron chi connectivity index (χ0n) is 14.7. The minimum Gasteiger partial charge on any atom is -0.492 e. The summed E-state index contributed by atoms with van der Waals surface area (Å²) in [5.74, 6) is 1.06. The van der Waals surface area contributed by atoms with Gasteiger partial charge < -0.3 is 15.0 Å². The number of nitrogens with zero attached hydrogens (tertiary/aromatic N) is 2. The summed E-state index contributed by atoms with van der Waals surface area (Å²) in [6.07, 6.45) is 0. The number of halogens is 2. The number of ether oxygens (including phenoxy) is 1. The second kappa shape index (κ2) is 9.02. The highest BCUT2D eigenvalue weighted by Gasteiger charge is 2.40. The SMILES string of the molecule is CN=C(NCCOc1ccc(F)cc1)N1CCS(=O)(=O)C(C)(C)C1.I. The van der Waals surface area contributed by atoms with E-state index in [2.05, 4.69) is 10.3 Å². The zero-order valence-corrected chi connectivity index (χ0v) is 17.8. The first-order chi connectivity index (χ1) is 11.2. The summed E-state index contributed by atoms with van der Waals surface area (Å²) in [7, 11) is -1.41. The Hall–Kier alpha value is -1.10. The first kappa shape index (κ1) is 21.9. The van der Waals surface area contributed by atoms with Crippen molar-refractivity contribution in [2.24, 2.45) is 4.99 Å². The Labute approximate surface area is 165 Å². The number of nitrogens with one attached hydrogen (secondary N) is 1. The number of sulfone groups is 1. The van der Waals surface area contributed by atoms with E-state index in [0.717, 1.165) is 0 Å². The van der Waals surface area contributed by atoms with Crippen LogP contribution >= 0.6 is 24.0 Å². The molecule has 0 bridgehead atoms. The van der Waals surface area contributed by atoms with Crippen molar-refractivity contribution in [2.45, 2.75) is 18.6 Å². The molecule has 1 aliphatic rings. The zero-order chi connectivity index (χ0) is 17.8. The van der Waals surface area contributed by atoms with Gasteiger partial charge in [-0.05, 0) is 38.1 Å². The summed E-state index contributed by atoms with van der Waals surface area (Å²) < 4.78 is 41.7. The molecule has 0 aromatic heterocycles. The maximum absolute atomic E-state index is 12.8. The molecule has 1 fully saturated rings. The molecule has 1 aliphatic heterocycles. The Morgan fingerprint density at radius 1 is 1.36 bits per heavy atom. The summed E-state index contributed by atoms with van der Waals surface area (Å²) in [5.41, 5.74) is 0. The normalized spacial score (nSPS) is 19.0. The van der Waals surface area contributed by atoms with Gasteiger partial charge in [-0.2, -0.15) is 0 Å². The highest BCUT2D eigenvalue weighted by Crippen LogP contribution is 2.23. The highest BCUT2D eigenvalue weighted by atomic mass is 127. The van der Waals surface area contributed by atoms with Crippen molar-refractivity contribution < 1.29 is 17.5 Å². The molecule has 1 aromatic rings. The molecule has 142 valence electrons. The topological polar surface area (TPSA) is 71.0 Å². The Morgan fingerprint density at radius 2 is 2.00 bits per heavy atom. The second-order valence-electron chi connectivity index (χ2n) is 6.28. The second-order valence-corrected chi connectivity index (χ2v) is 9.02. The van der Waals surface area contributed by atoms with Crippen molar-refractivity contribution in [3.05, 3.63) is 30.1 Å². The van der Waals surface area contributed by atoms with Gasteiger partial charge in [-0.3, -0.25) is 4.99 Å². The van der Waals surface area contributed by atoms with Gasteiger partial charge in [0.05, 0.1) is 17.0 Å². The fraction of sp³-hybridized carbons (Fsp3) is 0.562. The van der Waals surface area contributed by atoms with Crippen LogP contribution in [0.1, 0.15) is 13.8 Å². The lowest BCUT2D eigenvalue weighted by atomic mass is 10.2. The smallest absolute Gasteiger partial charge is 0.193 e. The molecule has 0 spiro atoms. The number of guanidine groups is 1. The van der Waals surface area contributed by atoms with Crippen molar-refractivity contribution in [2.75, 3.05) is 39.0 Å². The number of benzene rings is 1. The van der Waals surface area contributed by atoms with E-state index in [-0.39, 0.29) is 35.5 Å². The fourth-order valence-corrected chi connectivity index (χ4v) is 3.89. The van der Waals surface area contributed by atoms with Gasteiger partial charge in [-0.25, -0.2) is 12.8 Å². The van der Waals surface area contributed by atoms with Gasteiger partial charge in [0.2, 0.25) is 0 Å². The average molecular weight is 485 g/mol. The Morgan fingerprint density at radius 3 is 2.56 bits per heavy atom. The molecule has 0 saturated carbocycles. The van der Waals surface area contributed by atoms with Gasteiger partial charge in [0.25, 0.3) is 0 Å². The fourth-order valence-electron chi connectivity index (χ4n) is 2.52. The van der Waals surface area contributed by atoms with E-state index in [9.17, 15) is 12.8 Å². The molecular formula is C16H25FIN3O3S. The van der Waals surface area contributed by atoms with Crippen LogP contribution in [0.15, 0.2) is 29.3 Å². The molecule has 1 N–H and O–H groups in total. The van der Waals surface area contributed by atoms with Crippen LogP contribution in [0.4, 0.5) is 4.39 Å². The van der Waals surface area contributed by atoms with Crippen LogP contribution in [0.25, 0.3) is 0 Å². The van der Waals surface area contributed by atoms with E-state index in [0.29, 0.717) is 38.0 Å². The summed E-state index contributed by atoms with van der Waals surface area (Å²) in [6.45, 7) is 5.19. The Kier molecular flexibility index (Phi) is 7.91. The van der Waals surface area contributed by atoms with Gasteiger partial charge in [0.15, 0.2) is 15.8 Å². The number of rotatable bonds is 4. The van der Waals surface area contributed by atoms with Gasteiger partial charge in [-0.15, -0.1) is 24.0 Å².